The molecule has 0 aromatic heterocycles. The zero-order valence-corrected chi connectivity index (χ0v) is 12.4. The minimum absolute atomic E-state index is 0.0242. The summed E-state index contributed by atoms with van der Waals surface area (Å²) >= 11 is 0. The van der Waals surface area contributed by atoms with Gasteiger partial charge in [0, 0.05) is 14.2 Å². The summed E-state index contributed by atoms with van der Waals surface area (Å²) in [4.78, 5) is 22.0. The molecule has 0 aliphatic carbocycles. The summed E-state index contributed by atoms with van der Waals surface area (Å²) in [5.74, 6) is -0.585. The van der Waals surface area contributed by atoms with Crippen LogP contribution in [0.5, 0.6) is 0 Å². The van der Waals surface area contributed by atoms with Gasteiger partial charge in [0.05, 0.1) is 12.8 Å². The van der Waals surface area contributed by atoms with Crippen molar-refractivity contribution in [1.29, 1.82) is 0 Å². The first-order valence-electron chi connectivity index (χ1n) is 5.66. The van der Waals surface area contributed by atoms with Gasteiger partial charge in [-0.1, -0.05) is 11.6 Å². The van der Waals surface area contributed by atoms with Crippen molar-refractivity contribution in [2.24, 2.45) is 0 Å². The summed E-state index contributed by atoms with van der Waals surface area (Å²) in [6, 6.07) is -0.917. The molecule has 8 heteroatoms. The first kappa shape index (κ1) is 17.8. The van der Waals surface area contributed by atoms with E-state index in [9.17, 15) is 14.2 Å². The normalized spacial score (nSPS) is 13.8. The number of amides is 1. The molecule has 0 aliphatic heterocycles. The molecule has 19 heavy (non-hydrogen) atoms. The van der Waals surface area contributed by atoms with E-state index in [4.69, 9.17) is 13.8 Å². The molecule has 110 valence electrons. The number of nitrogens with one attached hydrogen (secondary N) is 1. The van der Waals surface area contributed by atoms with E-state index in [0.717, 1.165) is 0 Å². The van der Waals surface area contributed by atoms with E-state index in [2.05, 4.69) is 5.32 Å². The Morgan fingerprint density at radius 1 is 1.37 bits per heavy atom. The van der Waals surface area contributed by atoms with Gasteiger partial charge in [0.2, 0.25) is 6.41 Å². The van der Waals surface area contributed by atoms with Gasteiger partial charge in [-0.05, 0) is 13.8 Å². The Labute approximate surface area is 112 Å². The monoisotopic (exact) mass is 293 g/mol. The highest BCUT2D eigenvalue weighted by Gasteiger charge is 2.23. The molecule has 0 bridgehead atoms. The fourth-order valence-corrected chi connectivity index (χ4v) is 2.46. The van der Waals surface area contributed by atoms with Crippen LogP contribution < -0.4 is 5.32 Å². The molecular formula is C11H20NO6P. The minimum atomic E-state index is -3.19. The van der Waals surface area contributed by atoms with Crippen LogP contribution in [0.3, 0.4) is 0 Å². The first-order valence-corrected chi connectivity index (χ1v) is 7.39. The van der Waals surface area contributed by atoms with Crippen molar-refractivity contribution in [2.75, 3.05) is 27.0 Å². The van der Waals surface area contributed by atoms with Crippen LogP contribution in [0, 0.1) is 0 Å². The molecule has 0 aromatic rings. The van der Waals surface area contributed by atoms with E-state index in [1.54, 1.807) is 13.8 Å². The molecular weight excluding hydrogens is 273 g/mol. The van der Waals surface area contributed by atoms with Gasteiger partial charge in [-0.25, -0.2) is 4.79 Å². The Bertz CT molecular complexity index is 373. The molecule has 0 aromatic carbocycles. The Morgan fingerprint density at radius 3 is 2.37 bits per heavy atom. The molecule has 1 unspecified atom stereocenters. The lowest BCUT2D eigenvalue weighted by Crippen LogP contribution is -2.36. The molecule has 0 saturated carbocycles. The Kier molecular flexibility index (Phi) is 8.30. The van der Waals surface area contributed by atoms with Crippen LogP contribution in [0.25, 0.3) is 0 Å². The standard InChI is InChI=1S/C11H20NO6P/c1-5-18-11(14)10(12-8-13)6-9(2)7-19(15,16-3)17-4/h6,8,10H,5,7H2,1-4H3,(H,12,13). The predicted molar refractivity (Wildman–Crippen MR) is 69.9 cm³/mol. The van der Waals surface area contributed by atoms with Crippen LogP contribution in [-0.2, 0) is 27.9 Å². The molecule has 0 saturated heterocycles. The summed E-state index contributed by atoms with van der Waals surface area (Å²) in [6.07, 6.45) is 1.88. The summed E-state index contributed by atoms with van der Waals surface area (Å²) in [5.41, 5.74) is 0.583. The highest BCUT2D eigenvalue weighted by molar-refractivity contribution is 7.54. The lowest BCUT2D eigenvalue weighted by Gasteiger charge is -2.15. The van der Waals surface area contributed by atoms with E-state index < -0.39 is 19.6 Å². The number of esters is 1. The second kappa shape index (κ2) is 8.85. The van der Waals surface area contributed by atoms with Gasteiger partial charge in [0.15, 0.2) is 0 Å². The molecule has 0 heterocycles. The SMILES string of the molecule is CCOC(=O)C(C=C(C)CP(=O)(OC)OC)NC=O. The van der Waals surface area contributed by atoms with Gasteiger partial charge >= 0.3 is 13.6 Å². The maximum Gasteiger partial charge on any atom is 0.334 e. The van der Waals surface area contributed by atoms with Crippen LogP contribution >= 0.6 is 7.60 Å². The molecule has 0 radical (unpaired) electrons. The molecule has 0 spiro atoms. The fraction of sp³-hybridized carbons (Fsp3) is 0.636. The number of rotatable bonds is 9. The number of carbonyl (C=O) groups excluding carboxylic acids is 2. The number of hydrogen-bond acceptors (Lipinski definition) is 6. The lowest BCUT2D eigenvalue weighted by molar-refractivity contribution is -0.145. The summed E-state index contributed by atoms with van der Waals surface area (Å²) < 4.78 is 26.3. The quantitative estimate of drug-likeness (QED) is 0.296. The van der Waals surface area contributed by atoms with Gasteiger partial charge in [-0.3, -0.25) is 9.36 Å². The van der Waals surface area contributed by atoms with Gasteiger partial charge in [0.1, 0.15) is 6.04 Å². The van der Waals surface area contributed by atoms with Crippen LogP contribution in [0.1, 0.15) is 13.8 Å². The van der Waals surface area contributed by atoms with Crippen molar-refractivity contribution in [3.63, 3.8) is 0 Å². The lowest BCUT2D eigenvalue weighted by atomic mass is 10.2. The summed E-state index contributed by atoms with van der Waals surface area (Å²) in [7, 11) is -0.631. The Balaban J connectivity index is 4.87. The maximum atomic E-state index is 11.9. The fourth-order valence-electron chi connectivity index (χ4n) is 1.34. The predicted octanol–water partition coefficient (Wildman–Crippen LogP) is 1.10. The minimum Gasteiger partial charge on any atom is -0.464 e. The van der Waals surface area contributed by atoms with Crippen molar-refractivity contribution in [3.05, 3.63) is 11.6 Å². The van der Waals surface area contributed by atoms with E-state index >= 15 is 0 Å². The van der Waals surface area contributed by atoms with Crippen LogP contribution in [-0.4, -0.2) is 45.4 Å². The van der Waals surface area contributed by atoms with E-state index in [0.29, 0.717) is 12.0 Å². The van der Waals surface area contributed by atoms with Crippen molar-refractivity contribution in [2.45, 2.75) is 19.9 Å². The largest absolute Gasteiger partial charge is 0.464 e. The second-order valence-corrected chi connectivity index (χ2v) is 5.93. The number of allylic oxidation sites excluding steroid dienone is 1. The second-order valence-electron chi connectivity index (χ2n) is 3.66. The smallest absolute Gasteiger partial charge is 0.334 e. The highest BCUT2D eigenvalue weighted by atomic mass is 31.2. The molecule has 0 rings (SSSR count). The van der Waals surface area contributed by atoms with E-state index in [1.807, 2.05) is 0 Å². The van der Waals surface area contributed by atoms with Crippen LogP contribution in [0.4, 0.5) is 0 Å². The molecule has 1 amide bonds. The summed E-state index contributed by atoms with van der Waals surface area (Å²) in [5, 5.41) is 2.32. The third-order valence-electron chi connectivity index (χ3n) is 2.24. The number of carbonyl (C=O) groups is 2. The average Bonchev–Trinajstić information content (AvgIpc) is 2.38. The average molecular weight is 293 g/mol. The summed E-state index contributed by atoms with van der Waals surface area (Å²) in [6.45, 7) is 3.53. The number of hydrogen-bond donors (Lipinski definition) is 1. The van der Waals surface area contributed by atoms with E-state index in [-0.39, 0.29) is 12.8 Å². The topological polar surface area (TPSA) is 90.9 Å². The molecule has 1 atom stereocenters. The van der Waals surface area contributed by atoms with Crippen LogP contribution in [0.15, 0.2) is 11.6 Å². The zero-order valence-electron chi connectivity index (χ0n) is 11.5. The molecule has 1 N–H and O–H groups in total. The first-order chi connectivity index (χ1) is 8.92. The highest BCUT2D eigenvalue weighted by Crippen LogP contribution is 2.47. The van der Waals surface area contributed by atoms with Crippen molar-refractivity contribution in [1.82, 2.24) is 5.32 Å². The van der Waals surface area contributed by atoms with Crippen molar-refractivity contribution >= 4 is 20.0 Å². The van der Waals surface area contributed by atoms with Gasteiger partial charge in [-0.2, -0.15) is 0 Å². The van der Waals surface area contributed by atoms with E-state index in [1.165, 1.54) is 20.3 Å². The third-order valence-corrected chi connectivity index (χ3v) is 4.24. The maximum absolute atomic E-state index is 11.9. The van der Waals surface area contributed by atoms with Gasteiger partial charge in [-0.15, -0.1) is 0 Å². The third kappa shape index (κ3) is 6.52. The Hall–Kier alpha value is -1.17. The molecule has 7 nitrogen and oxygen atoms in total. The Morgan fingerprint density at radius 2 is 1.95 bits per heavy atom. The number of ether oxygens (including phenoxy) is 1. The van der Waals surface area contributed by atoms with Crippen molar-refractivity contribution < 1.29 is 27.9 Å². The zero-order chi connectivity index (χ0) is 14.9. The van der Waals surface area contributed by atoms with Gasteiger partial charge < -0.3 is 19.1 Å². The van der Waals surface area contributed by atoms with Gasteiger partial charge in [0.25, 0.3) is 0 Å². The molecule has 0 fully saturated rings. The molecule has 0 aliphatic rings. The van der Waals surface area contributed by atoms with Crippen LogP contribution in [0.2, 0.25) is 0 Å². The van der Waals surface area contributed by atoms with Crippen molar-refractivity contribution in [3.8, 4) is 0 Å².